The van der Waals surface area contributed by atoms with Gasteiger partial charge in [0.25, 0.3) is 0 Å². The summed E-state index contributed by atoms with van der Waals surface area (Å²) in [5, 5.41) is 2.95. The van der Waals surface area contributed by atoms with Crippen molar-refractivity contribution in [3.8, 4) is 5.88 Å². The molecule has 126 valence electrons. The summed E-state index contributed by atoms with van der Waals surface area (Å²) >= 11 is 3.42. The molecule has 2 heterocycles. The number of amides is 2. The van der Waals surface area contributed by atoms with Gasteiger partial charge in [-0.05, 0) is 65.2 Å². The molecule has 1 N–H and O–H groups in total. The minimum atomic E-state index is -0.0931. The summed E-state index contributed by atoms with van der Waals surface area (Å²) < 4.78 is 6.71. The zero-order chi connectivity index (χ0) is 17.1. The Morgan fingerprint density at radius 1 is 1.33 bits per heavy atom. The molecular weight excluding hydrogens is 370 g/mol. The van der Waals surface area contributed by atoms with Gasteiger partial charge in [-0.15, -0.1) is 0 Å². The van der Waals surface area contributed by atoms with E-state index in [1.165, 1.54) is 5.56 Å². The molecule has 1 aliphatic rings. The number of benzene rings is 1. The molecule has 1 unspecified atom stereocenters. The van der Waals surface area contributed by atoms with Crippen molar-refractivity contribution in [2.75, 3.05) is 18.4 Å². The minimum Gasteiger partial charge on any atom is -0.472 e. The second kappa shape index (κ2) is 7.21. The van der Waals surface area contributed by atoms with E-state index in [1.807, 2.05) is 37.3 Å². The van der Waals surface area contributed by atoms with Crippen LogP contribution in [-0.4, -0.2) is 35.1 Å². The average Bonchev–Trinajstić information content (AvgIpc) is 3.02. The number of pyridine rings is 1. The third-order valence-corrected chi connectivity index (χ3v) is 4.80. The van der Waals surface area contributed by atoms with Crippen LogP contribution in [0.3, 0.4) is 0 Å². The molecule has 1 saturated heterocycles. The van der Waals surface area contributed by atoms with Gasteiger partial charge in [0, 0.05) is 24.8 Å². The highest BCUT2D eigenvalue weighted by atomic mass is 79.9. The van der Waals surface area contributed by atoms with Crippen molar-refractivity contribution in [3.63, 3.8) is 0 Å². The van der Waals surface area contributed by atoms with Crippen molar-refractivity contribution in [2.24, 2.45) is 0 Å². The number of aromatic nitrogens is 1. The lowest BCUT2D eigenvalue weighted by molar-refractivity contribution is 0.189. The van der Waals surface area contributed by atoms with Gasteiger partial charge in [-0.2, -0.15) is 0 Å². The predicted octanol–water partition coefficient (Wildman–Crippen LogP) is 4.15. The normalized spacial score (nSPS) is 17.0. The highest BCUT2D eigenvalue weighted by molar-refractivity contribution is 9.10. The maximum atomic E-state index is 12.4. The third-order valence-electron chi connectivity index (χ3n) is 4.19. The Morgan fingerprint density at radius 3 is 2.92 bits per heavy atom. The monoisotopic (exact) mass is 389 g/mol. The fourth-order valence-electron chi connectivity index (χ4n) is 2.65. The van der Waals surface area contributed by atoms with E-state index in [2.05, 4.69) is 33.2 Å². The molecule has 6 heteroatoms. The SMILES string of the molecule is Cc1ccc(NC(=O)N2CCC(Oc3ncccc3Br)C2)cc1C. The van der Waals surface area contributed by atoms with Crippen molar-refractivity contribution in [2.45, 2.75) is 26.4 Å². The first kappa shape index (κ1) is 16.8. The van der Waals surface area contributed by atoms with Gasteiger partial charge >= 0.3 is 6.03 Å². The van der Waals surface area contributed by atoms with Gasteiger partial charge in [-0.1, -0.05) is 6.07 Å². The van der Waals surface area contributed by atoms with Crippen LogP contribution in [0.2, 0.25) is 0 Å². The Hall–Kier alpha value is -2.08. The maximum absolute atomic E-state index is 12.4. The number of nitrogens with zero attached hydrogens (tertiary/aromatic N) is 2. The van der Waals surface area contributed by atoms with Gasteiger partial charge in [-0.25, -0.2) is 9.78 Å². The van der Waals surface area contributed by atoms with E-state index in [0.717, 1.165) is 22.1 Å². The topological polar surface area (TPSA) is 54.5 Å². The van der Waals surface area contributed by atoms with Crippen LogP contribution in [0.15, 0.2) is 41.0 Å². The van der Waals surface area contributed by atoms with Gasteiger partial charge in [0.15, 0.2) is 0 Å². The van der Waals surface area contributed by atoms with Gasteiger partial charge in [0.1, 0.15) is 6.10 Å². The van der Waals surface area contributed by atoms with Crippen LogP contribution in [-0.2, 0) is 0 Å². The number of hydrogen-bond donors (Lipinski definition) is 1. The number of anilines is 1. The number of carbonyl (C=O) groups is 1. The van der Waals surface area contributed by atoms with Gasteiger partial charge in [0.2, 0.25) is 5.88 Å². The number of ether oxygens (including phenoxy) is 1. The van der Waals surface area contributed by atoms with E-state index in [9.17, 15) is 4.79 Å². The molecule has 1 aromatic carbocycles. The Balaban J connectivity index is 1.57. The molecule has 1 fully saturated rings. The van der Waals surface area contributed by atoms with Crippen molar-refractivity contribution in [1.29, 1.82) is 0 Å². The summed E-state index contributed by atoms with van der Waals surface area (Å²) in [6.07, 6.45) is 2.45. The van der Waals surface area contributed by atoms with E-state index in [1.54, 1.807) is 11.1 Å². The number of urea groups is 1. The molecule has 0 saturated carbocycles. The quantitative estimate of drug-likeness (QED) is 0.857. The molecule has 24 heavy (non-hydrogen) atoms. The highest BCUT2D eigenvalue weighted by Gasteiger charge is 2.28. The molecule has 1 atom stereocenters. The van der Waals surface area contributed by atoms with Crippen molar-refractivity contribution >= 4 is 27.6 Å². The van der Waals surface area contributed by atoms with E-state index >= 15 is 0 Å². The fraction of sp³-hybridized carbons (Fsp3) is 0.333. The molecule has 1 aromatic heterocycles. The summed E-state index contributed by atoms with van der Waals surface area (Å²) in [5.41, 5.74) is 3.19. The second-order valence-corrected chi connectivity index (χ2v) is 6.85. The Labute approximate surface area is 150 Å². The number of carbonyl (C=O) groups excluding carboxylic acids is 1. The number of nitrogens with one attached hydrogen (secondary N) is 1. The lowest BCUT2D eigenvalue weighted by Gasteiger charge is -2.18. The van der Waals surface area contributed by atoms with Gasteiger partial charge < -0.3 is 15.0 Å². The average molecular weight is 390 g/mol. The summed E-state index contributed by atoms with van der Waals surface area (Å²) in [6, 6.07) is 9.57. The standard InChI is InChI=1S/C18H20BrN3O2/c1-12-5-6-14(10-13(12)2)21-18(23)22-9-7-15(11-22)24-17-16(19)4-3-8-20-17/h3-6,8,10,15H,7,9,11H2,1-2H3,(H,21,23). The number of halogens is 1. The molecule has 0 aliphatic carbocycles. The van der Waals surface area contributed by atoms with Gasteiger partial charge in [-0.3, -0.25) is 0 Å². The van der Waals surface area contributed by atoms with Crippen LogP contribution in [0.5, 0.6) is 5.88 Å². The van der Waals surface area contributed by atoms with Crippen LogP contribution in [0.1, 0.15) is 17.5 Å². The number of hydrogen-bond acceptors (Lipinski definition) is 3. The van der Waals surface area contributed by atoms with Crippen molar-refractivity contribution in [1.82, 2.24) is 9.88 Å². The smallest absolute Gasteiger partial charge is 0.321 e. The molecule has 0 bridgehead atoms. The maximum Gasteiger partial charge on any atom is 0.321 e. The largest absolute Gasteiger partial charge is 0.472 e. The molecule has 1 aliphatic heterocycles. The number of rotatable bonds is 3. The van der Waals surface area contributed by atoms with Crippen LogP contribution in [0, 0.1) is 13.8 Å². The molecular formula is C18H20BrN3O2. The Kier molecular flexibility index (Phi) is 5.04. The Morgan fingerprint density at radius 2 is 2.17 bits per heavy atom. The van der Waals surface area contributed by atoms with E-state index in [-0.39, 0.29) is 12.1 Å². The Bertz CT molecular complexity index is 751. The zero-order valence-corrected chi connectivity index (χ0v) is 15.3. The molecule has 2 amide bonds. The first-order valence-electron chi connectivity index (χ1n) is 7.93. The highest BCUT2D eigenvalue weighted by Crippen LogP contribution is 2.25. The van der Waals surface area contributed by atoms with Crippen molar-refractivity contribution < 1.29 is 9.53 Å². The van der Waals surface area contributed by atoms with Crippen LogP contribution >= 0.6 is 15.9 Å². The van der Waals surface area contributed by atoms with Crippen LogP contribution < -0.4 is 10.1 Å². The van der Waals surface area contributed by atoms with Crippen molar-refractivity contribution in [3.05, 3.63) is 52.1 Å². The third kappa shape index (κ3) is 3.87. The number of aryl methyl sites for hydroxylation is 2. The lowest BCUT2D eigenvalue weighted by atomic mass is 10.1. The molecule has 2 aromatic rings. The summed E-state index contributed by atoms with van der Waals surface area (Å²) in [7, 11) is 0. The van der Waals surface area contributed by atoms with E-state index in [0.29, 0.717) is 19.0 Å². The lowest BCUT2D eigenvalue weighted by Crippen LogP contribution is -2.34. The molecule has 0 radical (unpaired) electrons. The molecule has 5 nitrogen and oxygen atoms in total. The van der Waals surface area contributed by atoms with Crippen LogP contribution in [0.4, 0.5) is 10.5 Å². The molecule has 3 rings (SSSR count). The first-order chi connectivity index (χ1) is 11.5. The number of likely N-dealkylation sites (tertiary alicyclic amines) is 1. The minimum absolute atomic E-state index is 0.0401. The fourth-order valence-corrected chi connectivity index (χ4v) is 2.99. The first-order valence-corrected chi connectivity index (χ1v) is 8.72. The van der Waals surface area contributed by atoms with E-state index in [4.69, 9.17) is 4.74 Å². The summed E-state index contributed by atoms with van der Waals surface area (Å²) in [6.45, 7) is 5.32. The summed E-state index contributed by atoms with van der Waals surface area (Å²) in [5.74, 6) is 0.568. The van der Waals surface area contributed by atoms with Gasteiger partial charge in [0.05, 0.1) is 11.0 Å². The van der Waals surface area contributed by atoms with Crippen LogP contribution in [0.25, 0.3) is 0 Å². The van der Waals surface area contributed by atoms with E-state index < -0.39 is 0 Å². The predicted molar refractivity (Wildman–Crippen MR) is 97.5 cm³/mol. The zero-order valence-electron chi connectivity index (χ0n) is 13.8. The second-order valence-electron chi connectivity index (χ2n) is 5.99. The summed E-state index contributed by atoms with van der Waals surface area (Å²) in [4.78, 5) is 18.4. The molecule has 0 spiro atoms.